The van der Waals surface area contributed by atoms with Crippen LogP contribution in [0.3, 0.4) is 0 Å². The van der Waals surface area contributed by atoms with Crippen LogP contribution in [0.2, 0.25) is 0 Å². The molecule has 0 bridgehead atoms. The summed E-state index contributed by atoms with van der Waals surface area (Å²) in [6.45, 7) is 1.60. The van der Waals surface area contributed by atoms with Crippen molar-refractivity contribution in [3.63, 3.8) is 0 Å². The van der Waals surface area contributed by atoms with Gasteiger partial charge in [0.25, 0.3) is 5.91 Å². The second-order valence-electron chi connectivity index (χ2n) is 3.31. The molecule has 7 nitrogen and oxygen atoms in total. The number of aliphatic imine (C=N–C) groups is 1. The lowest BCUT2D eigenvalue weighted by Gasteiger charge is -2.04. The Kier molecular flexibility index (Phi) is 4.90. The highest BCUT2D eigenvalue weighted by Gasteiger charge is 2.26. The van der Waals surface area contributed by atoms with E-state index in [1.807, 2.05) is 0 Å². The van der Waals surface area contributed by atoms with Crippen molar-refractivity contribution in [2.24, 2.45) is 4.99 Å². The summed E-state index contributed by atoms with van der Waals surface area (Å²) in [5, 5.41) is 5.19. The second kappa shape index (κ2) is 6.20. The predicted octanol–water partition coefficient (Wildman–Crippen LogP) is -0.603. The smallest absolute Gasteiger partial charge is 0.331 e. The molecule has 2 N–H and O–H groups in total. The van der Waals surface area contributed by atoms with Gasteiger partial charge in [0.2, 0.25) is 5.91 Å². The van der Waals surface area contributed by atoms with Crippen LogP contribution < -0.4 is 10.6 Å². The number of nitrogens with one attached hydrogen (secondary N) is 2. The summed E-state index contributed by atoms with van der Waals surface area (Å²) in [6, 6.07) is -0.615. The van der Waals surface area contributed by atoms with Gasteiger partial charge in [0.05, 0.1) is 12.0 Å². The molecule has 8 heteroatoms. The molecular formula is C10H13N3O4S. The maximum atomic E-state index is 11.5. The molecule has 1 rings (SSSR count). The van der Waals surface area contributed by atoms with E-state index in [9.17, 15) is 14.4 Å². The van der Waals surface area contributed by atoms with Crippen LogP contribution in [0, 0.1) is 0 Å². The molecule has 0 aromatic carbocycles. The van der Waals surface area contributed by atoms with Crippen molar-refractivity contribution in [3.8, 4) is 0 Å². The number of rotatable bonds is 3. The summed E-state index contributed by atoms with van der Waals surface area (Å²) >= 11 is 0.988. The normalized spacial score (nSPS) is 20.7. The molecule has 1 saturated heterocycles. The lowest BCUT2D eigenvalue weighted by atomic mass is 10.3. The molecule has 0 aromatic rings. The van der Waals surface area contributed by atoms with Crippen molar-refractivity contribution >= 4 is 34.7 Å². The van der Waals surface area contributed by atoms with E-state index >= 15 is 0 Å². The summed E-state index contributed by atoms with van der Waals surface area (Å²) in [6.07, 6.45) is 1.08. The van der Waals surface area contributed by atoms with Gasteiger partial charge in [0.1, 0.15) is 6.04 Å². The number of carbonyl (C=O) groups is 3. The first-order valence-electron chi connectivity index (χ1n) is 5.06. The average Bonchev–Trinajstić information content (AvgIpc) is 2.68. The van der Waals surface area contributed by atoms with E-state index < -0.39 is 17.9 Å². The summed E-state index contributed by atoms with van der Waals surface area (Å²) in [5.74, 6) is -1.32. The number of hydrogen-bond acceptors (Lipinski definition) is 6. The van der Waals surface area contributed by atoms with Crippen LogP contribution >= 0.6 is 11.8 Å². The Morgan fingerprint density at radius 2 is 2.22 bits per heavy atom. The summed E-state index contributed by atoms with van der Waals surface area (Å²) < 4.78 is 4.42. The molecule has 1 heterocycles. The molecular weight excluding hydrogens is 258 g/mol. The molecule has 98 valence electrons. The molecule has 18 heavy (non-hydrogen) atoms. The van der Waals surface area contributed by atoms with E-state index in [0.717, 1.165) is 17.8 Å². The number of ether oxygens (including phenoxy) is 1. The van der Waals surface area contributed by atoms with Crippen LogP contribution in [0.25, 0.3) is 0 Å². The number of nitrogens with zero attached hydrogens (tertiary/aromatic N) is 1. The number of esters is 1. The monoisotopic (exact) mass is 271 g/mol. The third-order valence-corrected chi connectivity index (χ3v) is 2.96. The van der Waals surface area contributed by atoms with Gasteiger partial charge < -0.3 is 15.4 Å². The Balaban J connectivity index is 2.78. The molecule has 0 aromatic heterocycles. The number of hydrogen-bond donors (Lipinski definition) is 2. The van der Waals surface area contributed by atoms with E-state index in [4.69, 9.17) is 0 Å². The maximum absolute atomic E-state index is 11.5. The fourth-order valence-corrected chi connectivity index (χ4v) is 1.96. The van der Waals surface area contributed by atoms with Crippen molar-refractivity contribution in [1.82, 2.24) is 10.6 Å². The van der Waals surface area contributed by atoms with Crippen molar-refractivity contribution < 1.29 is 19.1 Å². The zero-order valence-corrected chi connectivity index (χ0v) is 11.0. The quantitative estimate of drug-likeness (QED) is 0.527. The van der Waals surface area contributed by atoms with Crippen molar-refractivity contribution in [3.05, 3.63) is 11.0 Å². The highest BCUT2D eigenvalue weighted by atomic mass is 32.2. The standard InChI is InChI=1S/C10H13N3O4S/c1-5(8(15)11-2)12-10-13-9(16)6(18-10)4-7(14)17-3/h4-5H,1-3H3,(H,11,15)(H,12,13,16)/b6-4-. The fourth-order valence-electron chi connectivity index (χ4n) is 1.10. The van der Waals surface area contributed by atoms with Gasteiger partial charge in [0, 0.05) is 13.1 Å². The van der Waals surface area contributed by atoms with E-state index in [1.165, 1.54) is 14.2 Å². The summed E-state index contributed by atoms with van der Waals surface area (Å²) in [4.78, 5) is 37.9. The highest BCUT2D eigenvalue weighted by molar-refractivity contribution is 8.18. The predicted molar refractivity (Wildman–Crippen MR) is 66.8 cm³/mol. The first kappa shape index (κ1) is 14.2. The minimum absolute atomic E-state index is 0.185. The van der Waals surface area contributed by atoms with Crippen LogP contribution in [-0.2, 0) is 19.1 Å². The first-order valence-corrected chi connectivity index (χ1v) is 5.87. The van der Waals surface area contributed by atoms with E-state index in [-0.39, 0.29) is 16.0 Å². The topological polar surface area (TPSA) is 96.9 Å². The van der Waals surface area contributed by atoms with Crippen LogP contribution in [0.5, 0.6) is 0 Å². The molecule has 0 saturated carbocycles. The molecule has 0 spiro atoms. The van der Waals surface area contributed by atoms with Crippen LogP contribution in [0.1, 0.15) is 6.92 Å². The molecule has 0 radical (unpaired) electrons. The number of amidine groups is 1. The average molecular weight is 271 g/mol. The molecule has 1 unspecified atom stereocenters. The Labute approximate surface area is 108 Å². The number of amides is 2. The summed E-state index contributed by atoms with van der Waals surface area (Å²) in [5.41, 5.74) is 0. The van der Waals surface area contributed by atoms with E-state index in [0.29, 0.717) is 0 Å². The summed E-state index contributed by atoms with van der Waals surface area (Å²) in [7, 11) is 2.72. The number of carbonyl (C=O) groups excluding carboxylic acids is 3. The molecule has 0 aliphatic carbocycles. The SMILES string of the molecule is CNC(=O)C(C)N=C1NC(=O)/C(=C/C(=O)OC)S1. The van der Waals surface area contributed by atoms with Crippen LogP contribution in [0.15, 0.2) is 16.0 Å². The Morgan fingerprint density at radius 1 is 1.56 bits per heavy atom. The van der Waals surface area contributed by atoms with Crippen molar-refractivity contribution in [2.45, 2.75) is 13.0 Å². The van der Waals surface area contributed by atoms with Crippen LogP contribution in [-0.4, -0.2) is 43.2 Å². The molecule has 1 atom stereocenters. The molecule has 1 fully saturated rings. The van der Waals surface area contributed by atoms with Gasteiger partial charge >= 0.3 is 5.97 Å². The zero-order chi connectivity index (χ0) is 13.7. The van der Waals surface area contributed by atoms with Gasteiger partial charge in [0.15, 0.2) is 5.17 Å². The van der Waals surface area contributed by atoms with Gasteiger partial charge in [-0.05, 0) is 18.7 Å². The number of thioether (sulfide) groups is 1. The third kappa shape index (κ3) is 3.59. The molecule has 2 amide bonds. The first-order chi connectivity index (χ1) is 8.47. The zero-order valence-electron chi connectivity index (χ0n) is 10.1. The molecule has 1 aliphatic heterocycles. The lowest BCUT2D eigenvalue weighted by molar-refractivity contribution is -0.135. The van der Waals surface area contributed by atoms with Crippen LogP contribution in [0.4, 0.5) is 0 Å². The Bertz CT molecular complexity index is 444. The Morgan fingerprint density at radius 3 is 2.78 bits per heavy atom. The van der Waals surface area contributed by atoms with Gasteiger partial charge in [-0.25, -0.2) is 9.79 Å². The maximum Gasteiger partial charge on any atom is 0.331 e. The van der Waals surface area contributed by atoms with Crippen molar-refractivity contribution in [2.75, 3.05) is 14.2 Å². The largest absolute Gasteiger partial charge is 0.466 e. The molecule has 1 aliphatic rings. The van der Waals surface area contributed by atoms with Gasteiger partial charge in [-0.3, -0.25) is 9.59 Å². The fraction of sp³-hybridized carbons (Fsp3) is 0.400. The minimum atomic E-state index is -0.617. The van der Waals surface area contributed by atoms with Gasteiger partial charge in [-0.2, -0.15) is 0 Å². The van der Waals surface area contributed by atoms with Crippen molar-refractivity contribution in [1.29, 1.82) is 0 Å². The number of likely N-dealkylation sites (N-methyl/N-ethyl adjacent to an activating group) is 1. The number of methoxy groups -OCH3 is 1. The second-order valence-corrected chi connectivity index (χ2v) is 4.34. The van der Waals surface area contributed by atoms with Gasteiger partial charge in [-0.15, -0.1) is 0 Å². The lowest BCUT2D eigenvalue weighted by Crippen LogP contribution is -2.30. The van der Waals surface area contributed by atoms with E-state index in [1.54, 1.807) is 6.92 Å². The van der Waals surface area contributed by atoms with Gasteiger partial charge in [-0.1, -0.05) is 0 Å². The third-order valence-electron chi connectivity index (χ3n) is 2.04. The highest BCUT2D eigenvalue weighted by Crippen LogP contribution is 2.23. The Hall–Kier alpha value is -1.83. The minimum Gasteiger partial charge on any atom is -0.466 e. The van der Waals surface area contributed by atoms with E-state index in [2.05, 4.69) is 20.4 Å².